The second-order valence-electron chi connectivity index (χ2n) is 6.68. The molecule has 0 unspecified atom stereocenters. The molecule has 0 aliphatic heterocycles. The van der Waals surface area contributed by atoms with Crippen LogP contribution in [0, 0.1) is 0 Å². The zero-order valence-electron chi connectivity index (χ0n) is 15.2. The van der Waals surface area contributed by atoms with E-state index in [2.05, 4.69) is 127 Å². The minimum absolute atomic E-state index is 0.109. The minimum Gasteiger partial charge on any atom is -0.295 e. The third-order valence-electron chi connectivity index (χ3n) is 4.86. The van der Waals surface area contributed by atoms with Gasteiger partial charge in [-0.1, -0.05) is 121 Å². The third kappa shape index (κ3) is 4.16. The number of hydrogen-bond donors (Lipinski definition) is 1. The molecule has 0 heterocycles. The van der Waals surface area contributed by atoms with Crippen molar-refractivity contribution in [1.82, 2.24) is 5.32 Å². The molecule has 0 saturated carbocycles. The summed E-state index contributed by atoms with van der Waals surface area (Å²) in [5.74, 6) is 0. The van der Waals surface area contributed by atoms with Gasteiger partial charge in [0.15, 0.2) is 0 Å². The van der Waals surface area contributed by atoms with Crippen molar-refractivity contribution in [2.24, 2.45) is 0 Å². The second-order valence-corrected chi connectivity index (χ2v) is 6.68. The van der Waals surface area contributed by atoms with Crippen LogP contribution in [0.3, 0.4) is 0 Å². The first kappa shape index (κ1) is 17.3. The monoisotopic (exact) mass is 349 g/mol. The predicted molar refractivity (Wildman–Crippen MR) is 113 cm³/mol. The van der Waals surface area contributed by atoms with Crippen molar-refractivity contribution in [3.63, 3.8) is 0 Å². The molecule has 0 amide bonds. The van der Waals surface area contributed by atoms with Gasteiger partial charge < -0.3 is 0 Å². The molecular weight excluding hydrogens is 326 g/mol. The van der Waals surface area contributed by atoms with Crippen LogP contribution in [0.1, 0.15) is 34.3 Å². The van der Waals surface area contributed by atoms with Crippen molar-refractivity contribution in [3.8, 4) is 0 Å². The van der Waals surface area contributed by atoms with E-state index in [1.165, 1.54) is 22.3 Å². The number of benzene rings is 4. The molecule has 132 valence electrons. The number of hydrogen-bond acceptors (Lipinski definition) is 1. The Morgan fingerprint density at radius 3 is 0.778 bits per heavy atom. The number of nitrogens with one attached hydrogen (secondary N) is 1. The molecule has 0 radical (unpaired) electrons. The van der Waals surface area contributed by atoms with Crippen molar-refractivity contribution < 1.29 is 0 Å². The summed E-state index contributed by atoms with van der Waals surface area (Å²) in [4.78, 5) is 0. The highest BCUT2D eigenvalue weighted by molar-refractivity contribution is 5.36. The maximum absolute atomic E-state index is 3.92. The third-order valence-corrected chi connectivity index (χ3v) is 4.86. The highest BCUT2D eigenvalue weighted by atomic mass is 15.0. The van der Waals surface area contributed by atoms with E-state index in [1.807, 2.05) is 0 Å². The first-order valence-corrected chi connectivity index (χ1v) is 9.37. The van der Waals surface area contributed by atoms with Crippen molar-refractivity contribution in [3.05, 3.63) is 144 Å². The van der Waals surface area contributed by atoms with E-state index in [0.717, 1.165) is 0 Å². The topological polar surface area (TPSA) is 12.0 Å². The Kier molecular flexibility index (Phi) is 5.42. The molecule has 1 nitrogen and oxygen atoms in total. The Balaban J connectivity index is 1.77. The Morgan fingerprint density at radius 2 is 0.556 bits per heavy atom. The molecule has 4 aromatic rings. The Labute approximate surface area is 161 Å². The van der Waals surface area contributed by atoms with E-state index in [1.54, 1.807) is 0 Å². The van der Waals surface area contributed by atoms with Gasteiger partial charge in [0.25, 0.3) is 0 Å². The largest absolute Gasteiger partial charge is 0.295 e. The highest BCUT2D eigenvalue weighted by Gasteiger charge is 2.21. The van der Waals surface area contributed by atoms with Crippen molar-refractivity contribution in [2.45, 2.75) is 12.1 Å². The normalized spacial score (nSPS) is 11.0. The smallest absolute Gasteiger partial charge is 0.0583 e. The first-order valence-electron chi connectivity index (χ1n) is 9.37. The lowest BCUT2D eigenvalue weighted by Gasteiger charge is -2.27. The summed E-state index contributed by atoms with van der Waals surface area (Å²) < 4.78 is 0. The fourth-order valence-corrected chi connectivity index (χ4v) is 3.52. The van der Waals surface area contributed by atoms with Gasteiger partial charge in [-0.05, 0) is 22.3 Å². The summed E-state index contributed by atoms with van der Waals surface area (Å²) in [6.45, 7) is 0. The van der Waals surface area contributed by atoms with Crippen LogP contribution in [0.15, 0.2) is 121 Å². The van der Waals surface area contributed by atoms with Crippen LogP contribution in [-0.2, 0) is 0 Å². The van der Waals surface area contributed by atoms with Crippen LogP contribution in [0.5, 0.6) is 0 Å². The summed E-state index contributed by atoms with van der Waals surface area (Å²) in [7, 11) is 0. The van der Waals surface area contributed by atoms with Gasteiger partial charge in [0.1, 0.15) is 0 Å². The molecule has 0 aliphatic carbocycles. The van der Waals surface area contributed by atoms with Gasteiger partial charge in [-0.3, -0.25) is 5.32 Å². The van der Waals surface area contributed by atoms with Crippen molar-refractivity contribution >= 4 is 0 Å². The van der Waals surface area contributed by atoms with E-state index in [9.17, 15) is 0 Å². The first-order chi connectivity index (χ1) is 13.4. The molecule has 0 saturated heterocycles. The van der Waals surface area contributed by atoms with Gasteiger partial charge in [-0.15, -0.1) is 0 Å². The summed E-state index contributed by atoms with van der Waals surface area (Å²) in [5.41, 5.74) is 5.06. The molecule has 0 fully saturated rings. The minimum atomic E-state index is 0.109. The van der Waals surface area contributed by atoms with Gasteiger partial charge >= 0.3 is 0 Å². The van der Waals surface area contributed by atoms with Crippen molar-refractivity contribution in [1.29, 1.82) is 0 Å². The van der Waals surface area contributed by atoms with E-state index in [-0.39, 0.29) is 12.1 Å². The molecule has 1 N–H and O–H groups in total. The Bertz CT molecular complexity index is 774. The molecule has 27 heavy (non-hydrogen) atoms. The SMILES string of the molecule is c1ccc(C(NC(c2ccccc2)c2ccccc2)c2ccccc2)cc1. The van der Waals surface area contributed by atoms with Crippen LogP contribution >= 0.6 is 0 Å². The molecule has 0 atom stereocenters. The van der Waals surface area contributed by atoms with Crippen LogP contribution < -0.4 is 5.32 Å². The van der Waals surface area contributed by atoms with Crippen LogP contribution in [0.2, 0.25) is 0 Å². The predicted octanol–water partition coefficient (Wildman–Crippen LogP) is 6.16. The quantitative estimate of drug-likeness (QED) is 0.440. The van der Waals surface area contributed by atoms with Gasteiger partial charge in [0.2, 0.25) is 0 Å². The average Bonchev–Trinajstić information content (AvgIpc) is 2.77. The molecule has 0 spiro atoms. The molecule has 4 rings (SSSR count). The van der Waals surface area contributed by atoms with Gasteiger partial charge in [-0.25, -0.2) is 0 Å². The zero-order valence-corrected chi connectivity index (χ0v) is 15.2. The van der Waals surface area contributed by atoms with Crippen LogP contribution in [0.25, 0.3) is 0 Å². The van der Waals surface area contributed by atoms with Crippen LogP contribution in [-0.4, -0.2) is 0 Å². The van der Waals surface area contributed by atoms with Crippen LogP contribution in [0.4, 0.5) is 0 Å². The summed E-state index contributed by atoms with van der Waals surface area (Å²) in [5, 5.41) is 3.92. The molecule has 0 aliphatic rings. The Morgan fingerprint density at radius 1 is 0.333 bits per heavy atom. The van der Waals surface area contributed by atoms with E-state index < -0.39 is 0 Å². The Hall–Kier alpha value is -3.16. The highest BCUT2D eigenvalue weighted by Crippen LogP contribution is 2.29. The lowest BCUT2D eigenvalue weighted by Crippen LogP contribution is -2.28. The van der Waals surface area contributed by atoms with Crippen molar-refractivity contribution in [2.75, 3.05) is 0 Å². The summed E-state index contributed by atoms with van der Waals surface area (Å²) in [6.07, 6.45) is 0. The van der Waals surface area contributed by atoms with Gasteiger partial charge in [-0.2, -0.15) is 0 Å². The fraction of sp³-hybridized carbons (Fsp3) is 0.0769. The number of rotatable bonds is 6. The average molecular weight is 349 g/mol. The summed E-state index contributed by atoms with van der Waals surface area (Å²) >= 11 is 0. The molecular formula is C26H23N. The maximum atomic E-state index is 3.92. The lowest BCUT2D eigenvalue weighted by molar-refractivity contribution is 0.540. The van der Waals surface area contributed by atoms with Gasteiger partial charge in [0, 0.05) is 0 Å². The molecule has 0 bridgehead atoms. The van der Waals surface area contributed by atoms with E-state index in [4.69, 9.17) is 0 Å². The second kappa shape index (κ2) is 8.48. The standard InChI is InChI=1S/C26H23N/c1-5-13-21(14-6-1)25(22-15-7-2-8-16-22)27-26(23-17-9-3-10-18-23)24-19-11-4-12-20-24/h1-20,25-27H. The van der Waals surface area contributed by atoms with E-state index >= 15 is 0 Å². The van der Waals surface area contributed by atoms with E-state index in [0.29, 0.717) is 0 Å². The maximum Gasteiger partial charge on any atom is 0.0583 e. The summed E-state index contributed by atoms with van der Waals surface area (Å²) in [6, 6.07) is 42.9. The lowest BCUT2D eigenvalue weighted by atomic mass is 9.93. The van der Waals surface area contributed by atoms with Gasteiger partial charge in [0.05, 0.1) is 12.1 Å². The molecule has 4 aromatic carbocycles. The fourth-order valence-electron chi connectivity index (χ4n) is 3.52. The zero-order chi connectivity index (χ0) is 18.3. The molecule has 1 heteroatoms. The molecule has 0 aromatic heterocycles.